The summed E-state index contributed by atoms with van der Waals surface area (Å²) in [5, 5.41) is 1.23. The molecule has 0 radical (unpaired) electrons. The van der Waals surface area contributed by atoms with Crippen molar-refractivity contribution in [1.29, 1.82) is 0 Å². The van der Waals surface area contributed by atoms with E-state index in [9.17, 15) is 17.6 Å². The lowest BCUT2D eigenvalue weighted by Gasteiger charge is -2.11. The van der Waals surface area contributed by atoms with E-state index in [2.05, 4.69) is 22.7 Å². The third-order valence-corrected chi connectivity index (χ3v) is 5.76. The molecule has 1 heterocycles. The summed E-state index contributed by atoms with van der Waals surface area (Å²) in [6.07, 6.45) is -0.0200. The Morgan fingerprint density at radius 3 is 2.31 bits per heavy atom. The Labute approximate surface area is 200 Å². The molecule has 3 aromatic carbocycles. The maximum absolute atomic E-state index is 15.2. The highest BCUT2D eigenvalue weighted by Crippen LogP contribution is 2.28. The largest absolute Gasteiger partial charge is 0.481 e. The van der Waals surface area contributed by atoms with Crippen molar-refractivity contribution in [3.63, 3.8) is 0 Å². The third-order valence-electron chi connectivity index (χ3n) is 5.76. The van der Waals surface area contributed by atoms with Gasteiger partial charge < -0.3 is 4.74 Å². The minimum absolute atomic E-state index is 0.312. The second-order valence-electron chi connectivity index (χ2n) is 8.44. The normalized spacial score (nSPS) is 11.7. The van der Waals surface area contributed by atoms with E-state index < -0.39 is 24.3 Å². The molecule has 0 aliphatic carbocycles. The number of aromatic nitrogens is 1. The van der Waals surface area contributed by atoms with Crippen LogP contribution < -0.4 is 4.74 Å². The molecule has 0 saturated heterocycles. The Hall–Kier alpha value is -3.48. The van der Waals surface area contributed by atoms with E-state index in [1.165, 1.54) is 11.6 Å². The van der Waals surface area contributed by atoms with E-state index >= 15 is 4.39 Å². The van der Waals surface area contributed by atoms with Crippen LogP contribution in [0.2, 0.25) is 0 Å². The number of pyridine rings is 1. The van der Waals surface area contributed by atoms with Crippen LogP contribution in [0.3, 0.4) is 0 Å². The van der Waals surface area contributed by atoms with Gasteiger partial charge in [0.05, 0.1) is 5.69 Å². The lowest BCUT2D eigenvalue weighted by atomic mass is 9.98. The Kier molecular flexibility index (Phi) is 7.34. The summed E-state index contributed by atoms with van der Waals surface area (Å²) in [4.78, 5) is 4.53. The van der Waals surface area contributed by atoms with Gasteiger partial charge >= 0.3 is 6.18 Å². The van der Waals surface area contributed by atoms with E-state index in [-0.39, 0.29) is 5.82 Å². The lowest BCUT2D eigenvalue weighted by Crippen LogP contribution is -2.19. The number of halogens is 5. The van der Waals surface area contributed by atoms with E-state index in [0.717, 1.165) is 41.6 Å². The number of ether oxygens (including phenoxy) is 1. The third kappa shape index (κ3) is 6.15. The molecule has 0 atom stereocenters. The first-order chi connectivity index (χ1) is 16.7. The van der Waals surface area contributed by atoms with Gasteiger partial charge in [-0.05, 0) is 65.6 Å². The molecule has 4 rings (SSSR count). The Morgan fingerprint density at radius 2 is 1.63 bits per heavy atom. The van der Waals surface area contributed by atoms with Crippen LogP contribution in [-0.2, 0) is 19.3 Å². The van der Waals surface area contributed by atoms with Crippen molar-refractivity contribution in [3.05, 3.63) is 95.2 Å². The van der Waals surface area contributed by atoms with Crippen molar-refractivity contribution < 1.29 is 26.7 Å². The highest BCUT2D eigenvalue weighted by molar-refractivity contribution is 5.88. The number of hydrogen-bond donors (Lipinski definition) is 0. The van der Waals surface area contributed by atoms with Crippen LogP contribution in [-0.4, -0.2) is 17.8 Å². The van der Waals surface area contributed by atoms with Crippen molar-refractivity contribution in [3.8, 4) is 17.0 Å². The van der Waals surface area contributed by atoms with Crippen molar-refractivity contribution in [2.24, 2.45) is 0 Å². The molecule has 35 heavy (non-hydrogen) atoms. The average molecular weight is 485 g/mol. The molecule has 0 N–H and O–H groups in total. The van der Waals surface area contributed by atoms with Crippen molar-refractivity contribution in [2.75, 3.05) is 6.61 Å². The number of hydrogen-bond acceptors (Lipinski definition) is 2. The van der Waals surface area contributed by atoms with Gasteiger partial charge in [0, 0.05) is 17.1 Å². The highest BCUT2D eigenvalue weighted by atomic mass is 19.4. The molecule has 0 bridgehead atoms. The Morgan fingerprint density at radius 1 is 0.829 bits per heavy atom. The SMILES string of the molecule is CCCc1ccc(-c2ccc3c(F)c(CCc4ccc(OCC(F)(F)F)c(F)c4)ccc3c2)nc1. The summed E-state index contributed by atoms with van der Waals surface area (Å²) in [6, 6.07) is 16.8. The topological polar surface area (TPSA) is 22.1 Å². The Balaban J connectivity index is 1.47. The number of alkyl halides is 3. The van der Waals surface area contributed by atoms with Gasteiger partial charge in [-0.15, -0.1) is 0 Å². The molecule has 0 aliphatic heterocycles. The minimum Gasteiger partial charge on any atom is -0.481 e. The van der Waals surface area contributed by atoms with Gasteiger partial charge in [-0.2, -0.15) is 13.2 Å². The fraction of sp³-hybridized carbons (Fsp3) is 0.250. The average Bonchev–Trinajstić information content (AvgIpc) is 2.83. The number of nitrogens with zero attached hydrogens (tertiary/aromatic N) is 1. The van der Waals surface area contributed by atoms with Crippen molar-refractivity contribution in [2.45, 2.75) is 38.8 Å². The second-order valence-corrected chi connectivity index (χ2v) is 8.44. The van der Waals surface area contributed by atoms with Crippen LogP contribution in [0.5, 0.6) is 5.75 Å². The fourth-order valence-corrected chi connectivity index (χ4v) is 3.98. The molecule has 2 nitrogen and oxygen atoms in total. The van der Waals surface area contributed by atoms with Crippen LogP contribution in [0.15, 0.2) is 66.9 Å². The highest BCUT2D eigenvalue weighted by Gasteiger charge is 2.29. The van der Waals surface area contributed by atoms with Gasteiger partial charge in [0.15, 0.2) is 18.2 Å². The predicted octanol–water partition coefficient (Wildman–Crippen LogP) is 7.86. The molecular weight excluding hydrogens is 461 g/mol. The zero-order valence-corrected chi connectivity index (χ0v) is 19.1. The van der Waals surface area contributed by atoms with Crippen LogP contribution >= 0.6 is 0 Å². The summed E-state index contributed by atoms with van der Waals surface area (Å²) in [5.41, 5.74) is 3.91. The van der Waals surface area contributed by atoms with E-state index in [0.29, 0.717) is 29.4 Å². The zero-order valence-electron chi connectivity index (χ0n) is 19.1. The number of rotatable bonds is 8. The van der Waals surface area contributed by atoms with Crippen LogP contribution in [0, 0.1) is 11.6 Å². The standard InChI is InChI=1S/C28H24F5NO/c1-2-3-19-5-12-25(34-16-19)22-10-11-23-21(15-22)9-8-20(27(23)30)7-4-18-6-13-26(24(29)14-18)35-17-28(31,32)33/h5-6,8-16H,2-4,7,17H2,1H3. The molecule has 0 aliphatic rings. The maximum Gasteiger partial charge on any atom is 0.422 e. The predicted molar refractivity (Wildman–Crippen MR) is 126 cm³/mol. The summed E-state index contributed by atoms with van der Waals surface area (Å²) < 4.78 is 70.6. The number of benzene rings is 3. The first-order valence-electron chi connectivity index (χ1n) is 11.4. The van der Waals surface area contributed by atoms with Gasteiger partial charge in [0.25, 0.3) is 0 Å². The maximum atomic E-state index is 15.2. The van der Waals surface area contributed by atoms with Gasteiger partial charge in [0.1, 0.15) is 5.82 Å². The second kappa shape index (κ2) is 10.4. The molecule has 4 aromatic rings. The van der Waals surface area contributed by atoms with Gasteiger partial charge in [-0.1, -0.05) is 49.7 Å². The van der Waals surface area contributed by atoms with Gasteiger partial charge in [0.2, 0.25) is 0 Å². The number of fused-ring (bicyclic) bond motifs is 1. The summed E-state index contributed by atoms with van der Waals surface area (Å²) in [7, 11) is 0. The molecule has 7 heteroatoms. The molecule has 0 spiro atoms. The fourth-order valence-electron chi connectivity index (χ4n) is 3.98. The molecular formula is C28H24F5NO. The van der Waals surface area contributed by atoms with Gasteiger partial charge in [-0.3, -0.25) is 4.98 Å². The van der Waals surface area contributed by atoms with E-state index in [1.807, 2.05) is 30.5 Å². The molecule has 1 aromatic heterocycles. The monoisotopic (exact) mass is 485 g/mol. The van der Waals surface area contributed by atoms with E-state index in [4.69, 9.17) is 0 Å². The van der Waals surface area contributed by atoms with Crippen LogP contribution in [0.4, 0.5) is 22.0 Å². The Bertz CT molecular complexity index is 1320. The zero-order chi connectivity index (χ0) is 25.0. The first kappa shape index (κ1) is 24.6. The minimum atomic E-state index is -4.55. The summed E-state index contributed by atoms with van der Waals surface area (Å²) >= 11 is 0. The molecule has 0 unspecified atom stereocenters. The van der Waals surface area contributed by atoms with Crippen LogP contribution in [0.25, 0.3) is 22.0 Å². The van der Waals surface area contributed by atoms with E-state index in [1.54, 1.807) is 12.1 Å². The quantitative estimate of drug-likeness (QED) is 0.237. The molecule has 0 amide bonds. The molecule has 182 valence electrons. The van der Waals surface area contributed by atoms with Gasteiger partial charge in [-0.25, -0.2) is 8.78 Å². The smallest absolute Gasteiger partial charge is 0.422 e. The molecule has 0 fully saturated rings. The van der Waals surface area contributed by atoms with Crippen molar-refractivity contribution in [1.82, 2.24) is 4.98 Å². The first-order valence-corrected chi connectivity index (χ1v) is 11.4. The molecule has 0 saturated carbocycles. The summed E-state index contributed by atoms with van der Waals surface area (Å²) in [5.74, 6) is -1.69. The summed E-state index contributed by atoms with van der Waals surface area (Å²) in [6.45, 7) is 0.555. The van der Waals surface area contributed by atoms with Crippen molar-refractivity contribution >= 4 is 10.8 Å². The lowest BCUT2D eigenvalue weighted by molar-refractivity contribution is -0.153. The number of aryl methyl sites for hydroxylation is 3. The van der Waals surface area contributed by atoms with Crippen LogP contribution in [0.1, 0.15) is 30.0 Å².